The van der Waals surface area contributed by atoms with Crippen LogP contribution in [0.3, 0.4) is 0 Å². The molecule has 0 amide bonds. The third-order valence-corrected chi connectivity index (χ3v) is 4.59. The molecule has 2 rings (SSSR count). The minimum Gasteiger partial charge on any atom is -0.478 e. The van der Waals surface area contributed by atoms with Crippen LogP contribution in [0.4, 0.5) is 0 Å². The van der Waals surface area contributed by atoms with E-state index in [1.54, 1.807) is 38.4 Å². The van der Waals surface area contributed by atoms with Crippen LogP contribution >= 0.6 is 0 Å². The van der Waals surface area contributed by atoms with Gasteiger partial charge in [0.2, 0.25) is 0 Å². The molecular weight excluding hydrogens is 346 g/mol. The van der Waals surface area contributed by atoms with Gasteiger partial charge < -0.3 is 15.2 Å². The molecule has 0 radical (unpaired) electrons. The Hall–Kier alpha value is -3.14. The Kier molecular flexibility index (Phi) is 6.35. The van der Waals surface area contributed by atoms with Crippen molar-refractivity contribution in [3.63, 3.8) is 0 Å². The number of rotatable bonds is 6. The van der Waals surface area contributed by atoms with Crippen LogP contribution in [0.1, 0.15) is 39.2 Å². The van der Waals surface area contributed by atoms with Crippen molar-refractivity contribution in [3.8, 4) is 6.07 Å². The summed E-state index contributed by atoms with van der Waals surface area (Å²) in [6.45, 7) is 7.06. The number of pyridine rings is 1. The molecule has 7 heteroatoms. The van der Waals surface area contributed by atoms with E-state index in [1.165, 1.54) is 0 Å². The Morgan fingerprint density at radius 2 is 2.00 bits per heavy atom. The van der Waals surface area contributed by atoms with Crippen LogP contribution in [-0.4, -0.2) is 28.6 Å². The first kappa shape index (κ1) is 20.2. The van der Waals surface area contributed by atoms with E-state index in [1.807, 2.05) is 13.8 Å². The summed E-state index contributed by atoms with van der Waals surface area (Å²) >= 11 is 0. The van der Waals surface area contributed by atoms with Gasteiger partial charge in [0.15, 0.2) is 0 Å². The summed E-state index contributed by atoms with van der Waals surface area (Å²) in [5.41, 5.74) is 1.85. The molecule has 0 saturated heterocycles. The first-order valence-electron chi connectivity index (χ1n) is 8.66. The number of carbonyl (C=O) groups excluding carboxylic acids is 1. The molecule has 7 nitrogen and oxygen atoms in total. The number of hydrogen-bond donors (Lipinski definition) is 2. The molecule has 27 heavy (non-hydrogen) atoms. The molecule has 2 N–H and O–H groups in total. The van der Waals surface area contributed by atoms with Gasteiger partial charge in [0.05, 0.1) is 29.1 Å². The summed E-state index contributed by atoms with van der Waals surface area (Å²) in [6.07, 6.45) is 3.12. The van der Waals surface area contributed by atoms with Crippen LogP contribution in [0.15, 0.2) is 47.1 Å². The van der Waals surface area contributed by atoms with Crippen LogP contribution < -0.4 is 5.32 Å². The van der Waals surface area contributed by atoms with E-state index in [2.05, 4.69) is 16.4 Å². The minimum atomic E-state index is -1.12. The maximum atomic E-state index is 12.8. The summed E-state index contributed by atoms with van der Waals surface area (Å²) in [4.78, 5) is 28.8. The Balaban J connectivity index is 2.42. The Bertz CT molecular complexity index is 835. The SMILES string of the molecule is CC1=C(C(=O)O)C(c2cccnc2)C(C(=O)OCC(C#N)C(C)C)=C(C)N1. The molecule has 2 unspecified atom stereocenters. The molecule has 142 valence electrons. The van der Waals surface area contributed by atoms with Crippen molar-refractivity contribution in [2.75, 3.05) is 6.61 Å². The number of carbonyl (C=O) groups is 2. The smallest absolute Gasteiger partial charge is 0.336 e. The number of dihydropyridines is 1. The Morgan fingerprint density at radius 3 is 2.52 bits per heavy atom. The molecular formula is C20H23N3O4. The van der Waals surface area contributed by atoms with Crippen LogP contribution in [0.2, 0.25) is 0 Å². The average Bonchev–Trinajstić information content (AvgIpc) is 2.61. The second kappa shape index (κ2) is 8.49. The third kappa shape index (κ3) is 4.34. The van der Waals surface area contributed by atoms with Crippen molar-refractivity contribution in [1.82, 2.24) is 10.3 Å². The average molecular weight is 369 g/mol. The number of nitrogens with one attached hydrogen (secondary N) is 1. The zero-order valence-electron chi connectivity index (χ0n) is 15.8. The van der Waals surface area contributed by atoms with Gasteiger partial charge in [0, 0.05) is 23.8 Å². The third-order valence-electron chi connectivity index (χ3n) is 4.59. The Morgan fingerprint density at radius 1 is 1.33 bits per heavy atom. The van der Waals surface area contributed by atoms with Gasteiger partial charge in [0.1, 0.15) is 6.61 Å². The van der Waals surface area contributed by atoms with Crippen LogP contribution in [0.25, 0.3) is 0 Å². The van der Waals surface area contributed by atoms with Gasteiger partial charge >= 0.3 is 11.9 Å². The summed E-state index contributed by atoms with van der Waals surface area (Å²) in [7, 11) is 0. The van der Waals surface area contributed by atoms with Crippen molar-refractivity contribution in [1.29, 1.82) is 5.26 Å². The first-order valence-corrected chi connectivity index (χ1v) is 8.66. The van der Waals surface area contributed by atoms with Gasteiger partial charge in [-0.05, 0) is 31.4 Å². The molecule has 0 bridgehead atoms. The molecule has 0 aromatic carbocycles. The Labute approximate surface area is 158 Å². The van der Waals surface area contributed by atoms with Crippen LogP contribution in [0, 0.1) is 23.2 Å². The normalized spacial score (nSPS) is 18.0. The lowest BCUT2D eigenvalue weighted by Gasteiger charge is -2.29. The molecule has 0 aliphatic carbocycles. The van der Waals surface area contributed by atoms with Crippen molar-refractivity contribution in [2.24, 2.45) is 11.8 Å². The molecule has 1 aliphatic heterocycles. The second-order valence-electron chi connectivity index (χ2n) is 6.80. The summed E-state index contributed by atoms with van der Waals surface area (Å²) in [5, 5.41) is 21.9. The maximum absolute atomic E-state index is 12.8. The van der Waals surface area contributed by atoms with E-state index >= 15 is 0 Å². The van der Waals surface area contributed by atoms with Crippen molar-refractivity contribution in [2.45, 2.75) is 33.6 Å². The molecule has 2 atom stereocenters. The van der Waals surface area contributed by atoms with E-state index in [4.69, 9.17) is 4.74 Å². The highest BCUT2D eigenvalue weighted by Crippen LogP contribution is 2.38. The van der Waals surface area contributed by atoms with Gasteiger partial charge in [-0.2, -0.15) is 5.26 Å². The largest absolute Gasteiger partial charge is 0.478 e. The number of aliphatic carboxylic acids is 1. The fourth-order valence-corrected chi connectivity index (χ4v) is 3.05. The van der Waals surface area contributed by atoms with Crippen molar-refractivity contribution in [3.05, 3.63) is 52.6 Å². The highest BCUT2D eigenvalue weighted by molar-refractivity contribution is 5.99. The van der Waals surface area contributed by atoms with Crippen molar-refractivity contribution < 1.29 is 19.4 Å². The number of aromatic nitrogens is 1. The van der Waals surface area contributed by atoms with E-state index in [9.17, 15) is 20.0 Å². The molecule has 0 fully saturated rings. The predicted molar refractivity (Wildman–Crippen MR) is 98.0 cm³/mol. The number of hydrogen-bond acceptors (Lipinski definition) is 6. The standard InChI is InChI=1S/C20H23N3O4/c1-11(2)15(8-21)10-27-20(26)17-13(4)23-12(3)16(19(24)25)18(17)14-6-5-7-22-9-14/h5-7,9,11,15,18,23H,10H2,1-4H3,(H,24,25). The van der Waals surface area contributed by atoms with Crippen LogP contribution in [-0.2, 0) is 14.3 Å². The first-order chi connectivity index (χ1) is 12.8. The number of carboxylic acids is 1. The molecule has 1 aromatic rings. The van der Waals surface area contributed by atoms with E-state index < -0.39 is 23.8 Å². The topological polar surface area (TPSA) is 112 Å². The lowest BCUT2D eigenvalue weighted by molar-refractivity contribution is -0.140. The number of esters is 1. The molecule has 1 aromatic heterocycles. The molecule has 0 spiro atoms. The van der Waals surface area contributed by atoms with Gasteiger partial charge in [-0.15, -0.1) is 0 Å². The lowest BCUT2D eigenvalue weighted by atomic mass is 9.81. The number of nitrogens with zero attached hydrogens (tertiary/aromatic N) is 2. The zero-order valence-corrected chi connectivity index (χ0v) is 15.8. The number of allylic oxidation sites excluding steroid dienone is 2. The summed E-state index contributed by atoms with van der Waals surface area (Å²) in [5.74, 6) is -2.96. The number of carboxylic acid groups (broad SMARTS) is 1. The fraction of sp³-hybridized carbons (Fsp3) is 0.400. The highest BCUT2D eigenvalue weighted by Gasteiger charge is 2.37. The lowest BCUT2D eigenvalue weighted by Crippen LogP contribution is -2.32. The van der Waals surface area contributed by atoms with Gasteiger partial charge in [-0.1, -0.05) is 19.9 Å². The second-order valence-corrected chi connectivity index (χ2v) is 6.80. The fourth-order valence-electron chi connectivity index (χ4n) is 3.05. The van der Waals surface area contributed by atoms with E-state index in [0.29, 0.717) is 17.0 Å². The molecule has 2 heterocycles. The predicted octanol–water partition coefficient (Wildman–Crippen LogP) is 2.74. The van der Waals surface area contributed by atoms with Gasteiger partial charge in [0.25, 0.3) is 0 Å². The maximum Gasteiger partial charge on any atom is 0.336 e. The minimum absolute atomic E-state index is 0.0354. The van der Waals surface area contributed by atoms with Crippen LogP contribution in [0.5, 0.6) is 0 Å². The number of nitriles is 1. The number of ether oxygens (including phenoxy) is 1. The quantitative estimate of drug-likeness (QED) is 0.741. The molecule has 0 saturated carbocycles. The summed E-state index contributed by atoms with van der Waals surface area (Å²) in [6, 6.07) is 5.54. The van der Waals surface area contributed by atoms with Crippen molar-refractivity contribution >= 4 is 11.9 Å². The van der Waals surface area contributed by atoms with Gasteiger partial charge in [-0.25, -0.2) is 9.59 Å². The van der Waals surface area contributed by atoms with Gasteiger partial charge in [-0.3, -0.25) is 4.98 Å². The van der Waals surface area contributed by atoms with E-state index in [-0.39, 0.29) is 23.7 Å². The highest BCUT2D eigenvalue weighted by atomic mass is 16.5. The summed E-state index contributed by atoms with van der Waals surface area (Å²) < 4.78 is 5.39. The zero-order chi connectivity index (χ0) is 20.1. The van der Waals surface area contributed by atoms with E-state index in [0.717, 1.165) is 0 Å². The molecule has 1 aliphatic rings. The monoisotopic (exact) mass is 369 g/mol.